The molecule has 2 aromatic carbocycles. The number of carbonyl (C=O) groups is 2. The Morgan fingerprint density at radius 3 is 2.44 bits per heavy atom. The number of hydrogen-bond donors (Lipinski definition) is 3. The van der Waals surface area contributed by atoms with E-state index in [1.54, 1.807) is 37.3 Å². The lowest BCUT2D eigenvalue weighted by Crippen LogP contribution is -2.52. The van der Waals surface area contributed by atoms with Crippen LogP contribution < -0.4 is 11.1 Å². The van der Waals surface area contributed by atoms with Gasteiger partial charge in [-0.25, -0.2) is 0 Å². The van der Waals surface area contributed by atoms with Crippen molar-refractivity contribution in [2.24, 2.45) is 5.73 Å². The number of morpholine rings is 1. The highest BCUT2D eigenvalue weighted by molar-refractivity contribution is 5.98. The number of amides is 1. The van der Waals surface area contributed by atoms with Gasteiger partial charge in [0.15, 0.2) is 5.78 Å². The SMILES string of the molecule is C[C@@H](N)C(NC(=O)c1ccc(C=CC#Cc2ccc(CN3CCOCC3)cc2)cc1)C(=O)CO. The molecule has 1 unspecified atom stereocenters. The number of rotatable bonds is 8. The molecule has 0 bridgehead atoms. The number of allylic oxidation sites excluding steroid dienone is 1. The molecule has 0 saturated carbocycles. The quantitative estimate of drug-likeness (QED) is 0.516. The van der Waals surface area contributed by atoms with Gasteiger partial charge >= 0.3 is 0 Å². The van der Waals surface area contributed by atoms with E-state index < -0.39 is 30.4 Å². The summed E-state index contributed by atoms with van der Waals surface area (Å²) in [5.41, 5.74) is 9.25. The molecule has 4 N–H and O–H groups in total. The van der Waals surface area contributed by atoms with Gasteiger partial charge in [0.25, 0.3) is 5.91 Å². The number of Topliss-reactive ketones (excluding diaryl/α,β-unsaturated/α-hetero) is 1. The zero-order valence-corrected chi connectivity index (χ0v) is 19.4. The van der Waals surface area contributed by atoms with Crippen molar-refractivity contribution in [3.63, 3.8) is 0 Å². The van der Waals surface area contributed by atoms with Crippen LogP contribution >= 0.6 is 0 Å². The highest BCUT2D eigenvalue weighted by Gasteiger charge is 2.24. The third-order valence-corrected chi connectivity index (χ3v) is 5.53. The Morgan fingerprint density at radius 2 is 1.82 bits per heavy atom. The number of nitrogens with two attached hydrogens (primary N) is 1. The first-order chi connectivity index (χ1) is 16.5. The summed E-state index contributed by atoms with van der Waals surface area (Å²) in [5.74, 6) is 5.22. The molecule has 1 heterocycles. The number of aliphatic hydroxyl groups is 1. The maximum absolute atomic E-state index is 12.4. The average Bonchev–Trinajstić information content (AvgIpc) is 2.86. The van der Waals surface area contributed by atoms with Crippen LogP contribution in [0.4, 0.5) is 0 Å². The molecular formula is C27H31N3O4. The second kappa shape index (κ2) is 12.8. The van der Waals surface area contributed by atoms with E-state index in [0.717, 1.165) is 44.0 Å². The van der Waals surface area contributed by atoms with Crippen LogP contribution in [0.25, 0.3) is 6.08 Å². The highest BCUT2D eigenvalue weighted by Crippen LogP contribution is 2.10. The zero-order chi connectivity index (χ0) is 24.3. The number of ketones is 1. The molecule has 7 heteroatoms. The maximum atomic E-state index is 12.4. The fourth-order valence-electron chi connectivity index (χ4n) is 3.55. The van der Waals surface area contributed by atoms with Crippen LogP contribution in [0.2, 0.25) is 0 Å². The molecule has 3 rings (SSSR count). The lowest BCUT2D eigenvalue weighted by Gasteiger charge is -2.26. The molecule has 1 saturated heterocycles. The molecule has 2 aromatic rings. The molecule has 178 valence electrons. The first-order valence-corrected chi connectivity index (χ1v) is 11.3. The Hall–Kier alpha value is -3.28. The Morgan fingerprint density at radius 1 is 1.15 bits per heavy atom. The van der Waals surface area contributed by atoms with E-state index in [1.165, 1.54) is 5.56 Å². The van der Waals surface area contributed by atoms with E-state index >= 15 is 0 Å². The van der Waals surface area contributed by atoms with Gasteiger partial charge in [0, 0.05) is 36.8 Å². The van der Waals surface area contributed by atoms with Crippen LogP contribution in [0.1, 0.15) is 34.0 Å². The average molecular weight is 462 g/mol. The number of ether oxygens (including phenoxy) is 1. The lowest BCUT2D eigenvalue weighted by molar-refractivity contribution is -0.123. The minimum absolute atomic E-state index is 0.400. The molecule has 1 fully saturated rings. The van der Waals surface area contributed by atoms with E-state index in [4.69, 9.17) is 15.6 Å². The van der Waals surface area contributed by atoms with Gasteiger partial charge in [-0.1, -0.05) is 36.1 Å². The van der Waals surface area contributed by atoms with E-state index in [2.05, 4.69) is 34.2 Å². The van der Waals surface area contributed by atoms with Gasteiger partial charge in [-0.3, -0.25) is 14.5 Å². The van der Waals surface area contributed by atoms with Gasteiger partial charge in [-0.05, 0) is 54.5 Å². The minimum Gasteiger partial charge on any atom is -0.388 e. The third kappa shape index (κ3) is 7.65. The van der Waals surface area contributed by atoms with Crippen molar-refractivity contribution in [2.75, 3.05) is 32.9 Å². The van der Waals surface area contributed by atoms with E-state index in [-0.39, 0.29) is 0 Å². The van der Waals surface area contributed by atoms with Crippen LogP contribution in [0, 0.1) is 11.8 Å². The minimum atomic E-state index is -0.930. The first-order valence-electron chi connectivity index (χ1n) is 11.3. The van der Waals surface area contributed by atoms with Crippen molar-refractivity contribution in [3.05, 3.63) is 76.9 Å². The third-order valence-electron chi connectivity index (χ3n) is 5.53. The number of hydrogen-bond acceptors (Lipinski definition) is 6. The van der Waals surface area contributed by atoms with Gasteiger partial charge < -0.3 is 20.9 Å². The Kier molecular flexibility index (Phi) is 9.56. The van der Waals surface area contributed by atoms with Crippen LogP contribution in [0.3, 0.4) is 0 Å². The molecule has 0 radical (unpaired) electrons. The van der Waals surface area contributed by atoms with Crippen LogP contribution in [-0.2, 0) is 16.1 Å². The second-order valence-corrected chi connectivity index (χ2v) is 8.24. The van der Waals surface area contributed by atoms with Gasteiger partial charge in [-0.15, -0.1) is 0 Å². The smallest absolute Gasteiger partial charge is 0.251 e. The number of aliphatic hydroxyl groups excluding tert-OH is 1. The van der Waals surface area contributed by atoms with Crippen molar-refractivity contribution in [3.8, 4) is 11.8 Å². The van der Waals surface area contributed by atoms with Crippen molar-refractivity contribution in [2.45, 2.75) is 25.6 Å². The Balaban J connectivity index is 1.52. The summed E-state index contributed by atoms with van der Waals surface area (Å²) < 4.78 is 5.39. The summed E-state index contributed by atoms with van der Waals surface area (Å²) in [7, 11) is 0. The van der Waals surface area contributed by atoms with Crippen LogP contribution in [0.15, 0.2) is 54.6 Å². The number of nitrogens with zero attached hydrogens (tertiary/aromatic N) is 1. The predicted octanol–water partition coefficient (Wildman–Crippen LogP) is 1.59. The summed E-state index contributed by atoms with van der Waals surface area (Å²) in [5, 5.41) is 11.6. The van der Waals surface area contributed by atoms with Gasteiger partial charge in [0.2, 0.25) is 0 Å². The zero-order valence-electron chi connectivity index (χ0n) is 19.4. The molecular weight excluding hydrogens is 430 g/mol. The van der Waals surface area contributed by atoms with E-state index in [0.29, 0.717) is 5.56 Å². The van der Waals surface area contributed by atoms with Gasteiger partial charge in [0.05, 0.1) is 13.2 Å². The summed E-state index contributed by atoms with van der Waals surface area (Å²) >= 11 is 0. The first kappa shape index (κ1) is 25.3. The topological polar surface area (TPSA) is 105 Å². The van der Waals surface area contributed by atoms with Crippen LogP contribution in [0.5, 0.6) is 0 Å². The Labute approximate surface area is 200 Å². The highest BCUT2D eigenvalue weighted by atomic mass is 16.5. The summed E-state index contributed by atoms with van der Waals surface area (Å²) in [6.45, 7) is 5.39. The van der Waals surface area contributed by atoms with E-state index in [9.17, 15) is 9.59 Å². The summed E-state index contributed by atoms with van der Waals surface area (Å²) in [4.78, 5) is 26.5. The fraction of sp³-hybridized carbons (Fsp3) is 0.333. The second-order valence-electron chi connectivity index (χ2n) is 8.24. The molecule has 7 nitrogen and oxygen atoms in total. The van der Waals surface area contributed by atoms with Crippen molar-refractivity contribution in [1.29, 1.82) is 0 Å². The summed E-state index contributed by atoms with van der Waals surface area (Å²) in [6, 6.07) is 13.7. The maximum Gasteiger partial charge on any atom is 0.251 e. The van der Waals surface area contributed by atoms with Crippen molar-refractivity contribution < 1.29 is 19.4 Å². The van der Waals surface area contributed by atoms with E-state index in [1.807, 2.05) is 18.2 Å². The molecule has 1 amide bonds. The molecule has 2 atom stereocenters. The predicted molar refractivity (Wildman–Crippen MR) is 132 cm³/mol. The molecule has 0 aliphatic carbocycles. The van der Waals surface area contributed by atoms with Gasteiger partial charge in [-0.2, -0.15) is 0 Å². The van der Waals surface area contributed by atoms with Crippen molar-refractivity contribution in [1.82, 2.24) is 10.2 Å². The Bertz CT molecular complexity index is 1040. The van der Waals surface area contributed by atoms with Crippen molar-refractivity contribution >= 4 is 17.8 Å². The number of carbonyl (C=O) groups excluding carboxylic acids is 2. The molecule has 1 aliphatic rings. The molecule has 0 aromatic heterocycles. The molecule has 34 heavy (non-hydrogen) atoms. The number of nitrogens with one attached hydrogen (secondary N) is 1. The molecule has 0 spiro atoms. The van der Waals surface area contributed by atoms with Crippen LogP contribution in [-0.4, -0.2) is 66.7 Å². The summed E-state index contributed by atoms with van der Waals surface area (Å²) in [6.07, 6.45) is 3.63. The normalized spacial score (nSPS) is 15.9. The number of benzene rings is 2. The van der Waals surface area contributed by atoms with Gasteiger partial charge in [0.1, 0.15) is 12.6 Å². The lowest BCUT2D eigenvalue weighted by atomic mass is 10.0. The molecule has 1 aliphatic heterocycles. The standard InChI is InChI=1S/C27H31N3O4/c1-20(28)26(25(32)19-31)29-27(33)24-12-10-22(11-13-24)5-3-2-4-21-6-8-23(9-7-21)18-30-14-16-34-17-15-30/h3,5-13,20,26,31H,14-19,28H2,1H3,(H,29,33)/t20-,26?/m1/s1. The largest absolute Gasteiger partial charge is 0.388 e. The monoisotopic (exact) mass is 461 g/mol. The fourth-order valence-corrected chi connectivity index (χ4v) is 3.55.